The van der Waals surface area contributed by atoms with E-state index in [9.17, 15) is 26.4 Å². The number of halogens is 3. The summed E-state index contributed by atoms with van der Waals surface area (Å²) >= 11 is 0. The monoisotopic (exact) mass is 458 g/mol. The molecule has 2 rings (SSSR count). The summed E-state index contributed by atoms with van der Waals surface area (Å²) < 4.78 is 64.3. The molecule has 0 spiro atoms. The number of nitrogens with zero attached hydrogens (tertiary/aromatic N) is 2. The van der Waals surface area contributed by atoms with Crippen molar-refractivity contribution in [3.05, 3.63) is 53.2 Å². The number of pyridine rings is 1. The predicted molar refractivity (Wildman–Crippen MR) is 111 cm³/mol. The van der Waals surface area contributed by atoms with Crippen LogP contribution in [0.15, 0.2) is 41.4 Å². The number of aromatic nitrogens is 1. The molecule has 0 fully saturated rings. The van der Waals surface area contributed by atoms with Crippen LogP contribution in [0.3, 0.4) is 0 Å². The summed E-state index contributed by atoms with van der Waals surface area (Å²) in [5.74, 6) is -0.206. The van der Waals surface area contributed by atoms with Gasteiger partial charge in [-0.25, -0.2) is 13.4 Å². The van der Waals surface area contributed by atoms with Crippen LogP contribution in [-0.2, 0) is 16.2 Å². The highest BCUT2D eigenvalue weighted by molar-refractivity contribution is 7.89. The van der Waals surface area contributed by atoms with Crippen molar-refractivity contribution >= 4 is 21.7 Å². The standard InChI is InChI=1S/C20H25F3N4O3S/c1-4-27(5-2)31(29,30)16-8-6-14(3)17(12-16)19(28)25-11-10-24-18-9-7-15(13-26-18)20(21,22)23/h6-9,12-13H,4-5,10-11H2,1-3H3,(H,24,26)(H,25,28). The van der Waals surface area contributed by atoms with Gasteiger partial charge in [0.25, 0.3) is 5.91 Å². The zero-order valence-corrected chi connectivity index (χ0v) is 18.3. The Labute approximate surface area is 179 Å². The number of nitrogens with one attached hydrogen (secondary N) is 2. The molecule has 1 amide bonds. The summed E-state index contributed by atoms with van der Waals surface area (Å²) in [6, 6.07) is 6.52. The first kappa shape index (κ1) is 24.6. The first-order chi connectivity index (χ1) is 14.5. The number of rotatable bonds is 9. The second-order valence-corrected chi connectivity index (χ2v) is 8.62. The van der Waals surface area contributed by atoms with Gasteiger partial charge in [-0.3, -0.25) is 4.79 Å². The zero-order valence-electron chi connectivity index (χ0n) is 17.5. The number of hydrogen-bond donors (Lipinski definition) is 2. The molecule has 0 atom stereocenters. The minimum Gasteiger partial charge on any atom is -0.368 e. The maximum Gasteiger partial charge on any atom is 0.417 e. The van der Waals surface area contributed by atoms with Gasteiger partial charge in [-0.1, -0.05) is 19.9 Å². The molecule has 1 heterocycles. The highest BCUT2D eigenvalue weighted by atomic mass is 32.2. The largest absolute Gasteiger partial charge is 0.417 e. The number of alkyl halides is 3. The van der Waals surface area contributed by atoms with Gasteiger partial charge in [-0.15, -0.1) is 0 Å². The summed E-state index contributed by atoms with van der Waals surface area (Å²) in [7, 11) is -3.70. The fourth-order valence-corrected chi connectivity index (χ4v) is 4.33. The van der Waals surface area contributed by atoms with E-state index in [1.165, 1.54) is 22.5 Å². The van der Waals surface area contributed by atoms with Crippen LogP contribution in [0.4, 0.5) is 19.0 Å². The molecule has 0 aliphatic heterocycles. The molecule has 1 aromatic heterocycles. The lowest BCUT2D eigenvalue weighted by Gasteiger charge is -2.19. The maximum atomic E-state index is 12.7. The van der Waals surface area contributed by atoms with E-state index < -0.39 is 27.7 Å². The van der Waals surface area contributed by atoms with Gasteiger partial charge in [0.2, 0.25) is 10.0 Å². The molecule has 0 unspecified atom stereocenters. The fourth-order valence-electron chi connectivity index (χ4n) is 2.85. The van der Waals surface area contributed by atoms with Crippen molar-refractivity contribution in [2.45, 2.75) is 31.8 Å². The Kier molecular flexibility index (Phi) is 8.02. The van der Waals surface area contributed by atoms with Crippen LogP contribution in [0.25, 0.3) is 0 Å². The van der Waals surface area contributed by atoms with Gasteiger partial charge in [-0.2, -0.15) is 17.5 Å². The molecular formula is C20H25F3N4O3S. The van der Waals surface area contributed by atoms with Crippen molar-refractivity contribution in [1.82, 2.24) is 14.6 Å². The van der Waals surface area contributed by atoms with Crippen molar-refractivity contribution < 1.29 is 26.4 Å². The highest BCUT2D eigenvalue weighted by Crippen LogP contribution is 2.28. The van der Waals surface area contributed by atoms with E-state index in [1.807, 2.05) is 0 Å². The number of carbonyl (C=O) groups excluding carboxylic acids is 1. The van der Waals surface area contributed by atoms with Gasteiger partial charge >= 0.3 is 6.18 Å². The van der Waals surface area contributed by atoms with Crippen molar-refractivity contribution in [1.29, 1.82) is 0 Å². The molecule has 0 saturated heterocycles. The second kappa shape index (κ2) is 10.1. The molecule has 1 aromatic carbocycles. The minimum atomic E-state index is -4.45. The van der Waals surface area contributed by atoms with Crippen LogP contribution in [0.5, 0.6) is 0 Å². The van der Waals surface area contributed by atoms with E-state index >= 15 is 0 Å². The highest BCUT2D eigenvalue weighted by Gasteiger charge is 2.30. The van der Waals surface area contributed by atoms with Crippen LogP contribution in [0.2, 0.25) is 0 Å². The zero-order chi connectivity index (χ0) is 23.2. The molecule has 0 bridgehead atoms. The van der Waals surface area contributed by atoms with Crippen LogP contribution >= 0.6 is 0 Å². The first-order valence-corrected chi connectivity index (χ1v) is 11.1. The third-order valence-electron chi connectivity index (χ3n) is 4.60. The number of amides is 1. The summed E-state index contributed by atoms with van der Waals surface area (Å²) in [6.45, 7) is 6.19. The fraction of sp³-hybridized carbons (Fsp3) is 0.400. The Morgan fingerprint density at radius 2 is 1.77 bits per heavy atom. The number of anilines is 1. The van der Waals surface area contributed by atoms with Crippen molar-refractivity contribution in [3.8, 4) is 0 Å². The van der Waals surface area contributed by atoms with E-state index in [1.54, 1.807) is 26.8 Å². The van der Waals surface area contributed by atoms with Gasteiger partial charge < -0.3 is 10.6 Å². The maximum absolute atomic E-state index is 12.7. The number of benzene rings is 1. The Balaban J connectivity index is 1.99. The van der Waals surface area contributed by atoms with Crippen molar-refractivity contribution in [2.24, 2.45) is 0 Å². The van der Waals surface area contributed by atoms with Gasteiger partial charge in [0.05, 0.1) is 10.5 Å². The lowest BCUT2D eigenvalue weighted by Crippen LogP contribution is -2.32. The molecule has 170 valence electrons. The SMILES string of the molecule is CCN(CC)S(=O)(=O)c1ccc(C)c(C(=O)NCCNc2ccc(C(F)(F)F)cn2)c1. The number of carbonyl (C=O) groups is 1. The molecule has 0 saturated carbocycles. The van der Waals surface area contributed by atoms with Gasteiger partial charge in [0.1, 0.15) is 5.82 Å². The number of aryl methyl sites for hydroxylation is 1. The smallest absolute Gasteiger partial charge is 0.368 e. The van der Waals surface area contributed by atoms with E-state index in [0.717, 1.165) is 12.3 Å². The quantitative estimate of drug-likeness (QED) is 0.563. The second-order valence-electron chi connectivity index (χ2n) is 6.68. The summed E-state index contributed by atoms with van der Waals surface area (Å²) in [5, 5.41) is 5.48. The molecule has 11 heteroatoms. The third kappa shape index (κ3) is 6.17. The van der Waals surface area contributed by atoms with E-state index in [2.05, 4.69) is 15.6 Å². The molecule has 0 radical (unpaired) electrons. The lowest BCUT2D eigenvalue weighted by atomic mass is 10.1. The number of sulfonamides is 1. The van der Waals surface area contributed by atoms with Crippen LogP contribution in [0.1, 0.15) is 35.3 Å². The summed E-state index contributed by atoms with van der Waals surface area (Å²) in [5.41, 5.74) is 0.00984. The Morgan fingerprint density at radius 3 is 2.32 bits per heavy atom. The van der Waals surface area contributed by atoms with Crippen LogP contribution in [0, 0.1) is 6.92 Å². The lowest BCUT2D eigenvalue weighted by molar-refractivity contribution is -0.137. The number of hydrogen-bond acceptors (Lipinski definition) is 5. The molecule has 0 aliphatic rings. The normalized spacial score (nSPS) is 12.1. The van der Waals surface area contributed by atoms with Gasteiger partial charge in [0, 0.05) is 37.9 Å². The first-order valence-electron chi connectivity index (χ1n) is 9.66. The summed E-state index contributed by atoms with van der Waals surface area (Å²) in [4.78, 5) is 16.3. The molecule has 7 nitrogen and oxygen atoms in total. The molecule has 31 heavy (non-hydrogen) atoms. The summed E-state index contributed by atoms with van der Waals surface area (Å²) in [6.07, 6.45) is -3.73. The van der Waals surface area contributed by atoms with Crippen LogP contribution < -0.4 is 10.6 Å². The topological polar surface area (TPSA) is 91.4 Å². The predicted octanol–water partition coefficient (Wildman–Crippen LogP) is 3.28. The van der Waals surface area contributed by atoms with E-state index in [0.29, 0.717) is 18.7 Å². The minimum absolute atomic E-state index is 0.0408. The molecule has 2 N–H and O–H groups in total. The van der Waals surface area contributed by atoms with Gasteiger partial charge in [0.15, 0.2) is 0 Å². The van der Waals surface area contributed by atoms with Crippen molar-refractivity contribution in [3.63, 3.8) is 0 Å². The Morgan fingerprint density at radius 1 is 1.10 bits per heavy atom. The molecule has 2 aromatic rings. The Hall–Kier alpha value is -2.66. The van der Waals surface area contributed by atoms with Gasteiger partial charge in [-0.05, 0) is 36.8 Å². The average molecular weight is 459 g/mol. The molecule has 0 aliphatic carbocycles. The van der Waals surface area contributed by atoms with Crippen LogP contribution in [-0.4, -0.2) is 49.8 Å². The Bertz CT molecular complexity index is 1010. The average Bonchev–Trinajstić information content (AvgIpc) is 2.71. The third-order valence-corrected chi connectivity index (χ3v) is 6.65. The van der Waals surface area contributed by atoms with Crippen molar-refractivity contribution in [2.75, 3.05) is 31.5 Å². The molecular weight excluding hydrogens is 433 g/mol. The van der Waals surface area contributed by atoms with E-state index in [4.69, 9.17) is 0 Å². The van der Waals surface area contributed by atoms with E-state index in [-0.39, 0.29) is 29.4 Å².